The molecule has 2 atom stereocenters. The van der Waals surface area contributed by atoms with Gasteiger partial charge in [0.2, 0.25) is 11.8 Å². The van der Waals surface area contributed by atoms with Gasteiger partial charge in [-0.05, 0) is 44.7 Å². The molecule has 0 spiro atoms. The fourth-order valence-electron chi connectivity index (χ4n) is 3.31. The summed E-state index contributed by atoms with van der Waals surface area (Å²) >= 11 is 4.66. The minimum atomic E-state index is -0.735. The van der Waals surface area contributed by atoms with Crippen LogP contribution in [0.1, 0.15) is 71.7 Å². The van der Waals surface area contributed by atoms with E-state index in [1.165, 1.54) is 6.07 Å². The van der Waals surface area contributed by atoms with Gasteiger partial charge < -0.3 is 19.9 Å². The van der Waals surface area contributed by atoms with Crippen molar-refractivity contribution in [1.29, 1.82) is 0 Å². The molecule has 0 aliphatic carbocycles. The Morgan fingerprint density at radius 3 is 2.43 bits per heavy atom. The minimum absolute atomic E-state index is 0.0647. The van der Waals surface area contributed by atoms with Gasteiger partial charge in [0, 0.05) is 43.7 Å². The number of nitrogens with zero attached hydrogens (tertiary/aromatic N) is 2. The van der Waals surface area contributed by atoms with Crippen molar-refractivity contribution < 1.29 is 19.1 Å². The quantitative estimate of drug-likeness (QED) is 0.349. The second kappa shape index (κ2) is 13.9. The SMILES string of the molecule is CCC(C)CC(S)c1c(C(=O)NCc2ccc(C)cc2F)c(=O)c(O)c(C)n1C.CCN(C)C=O. The summed E-state index contributed by atoms with van der Waals surface area (Å²) in [7, 11) is 3.44. The highest BCUT2D eigenvalue weighted by Crippen LogP contribution is 2.32. The fourth-order valence-corrected chi connectivity index (χ4v) is 3.97. The molecule has 35 heavy (non-hydrogen) atoms. The number of benzene rings is 1. The van der Waals surface area contributed by atoms with Crippen LogP contribution in [0.3, 0.4) is 0 Å². The van der Waals surface area contributed by atoms with Gasteiger partial charge in [-0.1, -0.05) is 32.4 Å². The molecule has 1 aromatic carbocycles. The van der Waals surface area contributed by atoms with E-state index in [-0.39, 0.29) is 17.4 Å². The summed E-state index contributed by atoms with van der Waals surface area (Å²) in [6.07, 6.45) is 2.42. The molecular weight excluding hydrogens is 469 g/mol. The molecule has 0 saturated heterocycles. The zero-order valence-corrected chi connectivity index (χ0v) is 22.6. The molecule has 194 valence electrons. The molecule has 2 aromatic rings. The van der Waals surface area contributed by atoms with E-state index in [0.717, 1.165) is 24.9 Å². The van der Waals surface area contributed by atoms with Crippen LogP contribution >= 0.6 is 12.6 Å². The van der Waals surface area contributed by atoms with E-state index in [9.17, 15) is 23.9 Å². The smallest absolute Gasteiger partial charge is 0.257 e. The second-order valence-corrected chi connectivity index (χ2v) is 9.43. The van der Waals surface area contributed by atoms with Gasteiger partial charge in [-0.3, -0.25) is 14.4 Å². The van der Waals surface area contributed by atoms with E-state index in [4.69, 9.17) is 0 Å². The monoisotopic (exact) mass is 507 g/mol. The number of thiol groups is 1. The molecule has 0 aliphatic rings. The number of halogens is 1. The molecule has 0 radical (unpaired) electrons. The highest BCUT2D eigenvalue weighted by atomic mass is 32.1. The Labute approximate surface area is 212 Å². The molecule has 7 nitrogen and oxygen atoms in total. The summed E-state index contributed by atoms with van der Waals surface area (Å²) in [6.45, 7) is 10.2. The number of amides is 2. The average molecular weight is 508 g/mol. The largest absolute Gasteiger partial charge is 0.503 e. The van der Waals surface area contributed by atoms with Gasteiger partial charge in [0.05, 0.1) is 5.69 Å². The van der Waals surface area contributed by atoms with Crippen LogP contribution in [0.2, 0.25) is 0 Å². The van der Waals surface area contributed by atoms with Gasteiger partial charge in [-0.15, -0.1) is 0 Å². The van der Waals surface area contributed by atoms with Crippen molar-refractivity contribution in [2.45, 2.75) is 59.3 Å². The third kappa shape index (κ3) is 8.13. The Morgan fingerprint density at radius 1 is 1.31 bits per heavy atom. The lowest BCUT2D eigenvalue weighted by Gasteiger charge is -2.23. The van der Waals surface area contributed by atoms with Crippen LogP contribution in [0, 0.1) is 25.6 Å². The third-order valence-electron chi connectivity index (χ3n) is 6.10. The van der Waals surface area contributed by atoms with Crippen LogP contribution in [0.25, 0.3) is 0 Å². The lowest BCUT2D eigenvalue weighted by molar-refractivity contribution is -0.116. The molecule has 0 bridgehead atoms. The average Bonchev–Trinajstić information content (AvgIpc) is 2.83. The van der Waals surface area contributed by atoms with Crippen molar-refractivity contribution in [2.75, 3.05) is 13.6 Å². The van der Waals surface area contributed by atoms with Crippen LogP contribution in [-0.2, 0) is 18.4 Å². The number of carbonyl (C=O) groups excluding carboxylic acids is 2. The van der Waals surface area contributed by atoms with Gasteiger partial charge in [0.15, 0.2) is 5.75 Å². The van der Waals surface area contributed by atoms with Crippen molar-refractivity contribution in [1.82, 2.24) is 14.8 Å². The van der Waals surface area contributed by atoms with Crippen LogP contribution < -0.4 is 10.7 Å². The highest BCUT2D eigenvalue weighted by Gasteiger charge is 2.27. The molecule has 2 N–H and O–H groups in total. The predicted molar refractivity (Wildman–Crippen MR) is 141 cm³/mol. The van der Waals surface area contributed by atoms with Crippen LogP contribution in [0.15, 0.2) is 23.0 Å². The van der Waals surface area contributed by atoms with Crippen LogP contribution in [0.5, 0.6) is 5.75 Å². The summed E-state index contributed by atoms with van der Waals surface area (Å²) in [6, 6.07) is 4.74. The van der Waals surface area contributed by atoms with Crippen LogP contribution in [-0.4, -0.2) is 40.5 Å². The molecule has 0 saturated carbocycles. The molecular formula is C26H38FN3O4S. The van der Waals surface area contributed by atoms with Gasteiger partial charge >= 0.3 is 0 Å². The van der Waals surface area contributed by atoms with E-state index in [1.54, 1.807) is 49.5 Å². The summed E-state index contributed by atoms with van der Waals surface area (Å²) < 4.78 is 15.7. The first-order valence-electron chi connectivity index (χ1n) is 11.7. The number of carbonyl (C=O) groups is 2. The van der Waals surface area contributed by atoms with Gasteiger partial charge in [-0.25, -0.2) is 4.39 Å². The lowest BCUT2D eigenvalue weighted by atomic mass is 9.97. The Bertz CT molecular complexity index is 1090. The molecule has 1 aromatic heterocycles. The Hall–Kier alpha value is -2.81. The summed E-state index contributed by atoms with van der Waals surface area (Å²) in [5.41, 5.74) is 1.04. The first-order chi connectivity index (χ1) is 16.4. The van der Waals surface area contributed by atoms with E-state index < -0.39 is 22.9 Å². The molecule has 9 heteroatoms. The fraction of sp³-hybridized carbons (Fsp3) is 0.500. The van der Waals surface area contributed by atoms with E-state index in [2.05, 4.69) is 31.8 Å². The number of aromatic hydroxyl groups is 1. The number of rotatable bonds is 9. The molecule has 2 rings (SSSR count). The maximum Gasteiger partial charge on any atom is 0.257 e. The molecule has 2 amide bonds. The van der Waals surface area contributed by atoms with Crippen molar-refractivity contribution in [3.8, 4) is 5.75 Å². The zero-order chi connectivity index (χ0) is 26.9. The first-order valence-corrected chi connectivity index (χ1v) is 12.2. The van der Waals surface area contributed by atoms with Crippen molar-refractivity contribution in [3.05, 3.63) is 62.3 Å². The molecule has 0 fully saturated rings. The van der Waals surface area contributed by atoms with Crippen molar-refractivity contribution >= 4 is 24.9 Å². The standard InChI is InChI=1S/C22H29FN2O3S.C4H9NO/c1-6-12(2)10-17(29)19-18(21(27)20(26)14(4)25(19)5)22(28)24-11-15-8-7-13(3)9-16(15)23;1-3-5(2)4-6/h7-9,12,17,26,29H,6,10-11H2,1-5H3,(H,24,28);4H,3H2,1-2H3. The van der Waals surface area contributed by atoms with E-state index in [1.807, 2.05) is 6.92 Å². The Morgan fingerprint density at radius 2 is 1.94 bits per heavy atom. The molecule has 2 unspecified atom stereocenters. The Balaban J connectivity index is 0.000000905. The van der Waals surface area contributed by atoms with Crippen molar-refractivity contribution in [3.63, 3.8) is 0 Å². The molecule has 0 aliphatic heterocycles. The second-order valence-electron chi connectivity index (χ2n) is 8.80. The normalized spacial score (nSPS) is 12.3. The third-order valence-corrected chi connectivity index (χ3v) is 6.55. The number of hydrogen-bond acceptors (Lipinski definition) is 5. The lowest BCUT2D eigenvalue weighted by Crippen LogP contribution is -2.33. The first kappa shape index (κ1) is 30.2. The predicted octanol–water partition coefficient (Wildman–Crippen LogP) is 4.28. The summed E-state index contributed by atoms with van der Waals surface area (Å²) in [4.78, 5) is 36.9. The number of nitrogens with one attached hydrogen (secondary N) is 1. The minimum Gasteiger partial charge on any atom is -0.503 e. The Kier molecular flexibility index (Phi) is 12.0. The highest BCUT2D eigenvalue weighted by molar-refractivity contribution is 7.80. The van der Waals surface area contributed by atoms with Gasteiger partial charge in [0.1, 0.15) is 11.4 Å². The number of aromatic nitrogens is 1. The summed E-state index contributed by atoms with van der Waals surface area (Å²) in [5.74, 6) is -1.20. The van der Waals surface area contributed by atoms with Gasteiger partial charge in [0.25, 0.3) is 5.91 Å². The maximum absolute atomic E-state index is 14.1. The topological polar surface area (TPSA) is 91.6 Å². The van der Waals surface area contributed by atoms with Gasteiger partial charge in [-0.2, -0.15) is 12.6 Å². The number of pyridine rings is 1. The van der Waals surface area contributed by atoms with E-state index >= 15 is 0 Å². The van der Waals surface area contributed by atoms with E-state index in [0.29, 0.717) is 29.3 Å². The molecule has 1 heterocycles. The van der Waals surface area contributed by atoms with Crippen LogP contribution in [0.4, 0.5) is 4.39 Å². The summed E-state index contributed by atoms with van der Waals surface area (Å²) in [5, 5.41) is 12.5. The zero-order valence-electron chi connectivity index (χ0n) is 21.7. The number of hydrogen-bond donors (Lipinski definition) is 3. The number of aryl methyl sites for hydroxylation is 1. The van der Waals surface area contributed by atoms with Crippen molar-refractivity contribution in [2.24, 2.45) is 13.0 Å². The maximum atomic E-state index is 14.1.